The third-order valence-electron chi connectivity index (χ3n) is 4.81. The molecule has 0 saturated heterocycles. The molecule has 2 amide bonds. The highest BCUT2D eigenvalue weighted by Gasteiger charge is 2.26. The summed E-state index contributed by atoms with van der Waals surface area (Å²) in [5, 5.41) is 0. The number of para-hydroxylation sites is 2. The summed E-state index contributed by atoms with van der Waals surface area (Å²) in [5.74, 6) is -0.364. The molecule has 2 heterocycles. The van der Waals surface area contributed by atoms with Crippen LogP contribution in [0.15, 0.2) is 72.9 Å². The predicted octanol–water partition coefficient (Wildman–Crippen LogP) is 3.56. The molecule has 27 heavy (non-hydrogen) atoms. The van der Waals surface area contributed by atoms with Gasteiger partial charge in [-0.3, -0.25) is 14.6 Å². The first-order chi connectivity index (χ1) is 13.1. The molecule has 134 valence electrons. The van der Waals surface area contributed by atoms with Gasteiger partial charge >= 0.3 is 0 Å². The van der Waals surface area contributed by atoms with Crippen LogP contribution in [0.4, 0.5) is 11.4 Å². The molecule has 1 aromatic heterocycles. The molecule has 0 bridgehead atoms. The monoisotopic (exact) mass is 357 g/mol. The van der Waals surface area contributed by atoms with Crippen molar-refractivity contribution in [1.29, 1.82) is 0 Å². The third kappa shape index (κ3) is 3.19. The second kappa shape index (κ2) is 7.03. The second-order valence-corrected chi connectivity index (χ2v) is 6.46. The van der Waals surface area contributed by atoms with Gasteiger partial charge in [-0.15, -0.1) is 0 Å². The molecule has 1 aliphatic heterocycles. The summed E-state index contributed by atoms with van der Waals surface area (Å²) in [5.41, 5.74) is 3.59. The number of hydrogen-bond acceptors (Lipinski definition) is 3. The van der Waals surface area contributed by atoms with Crippen LogP contribution in [0.1, 0.15) is 26.4 Å². The van der Waals surface area contributed by atoms with Gasteiger partial charge in [-0.2, -0.15) is 0 Å². The van der Waals surface area contributed by atoms with Gasteiger partial charge in [-0.25, -0.2) is 0 Å². The summed E-state index contributed by atoms with van der Waals surface area (Å²) in [7, 11) is 1.70. The van der Waals surface area contributed by atoms with E-state index in [4.69, 9.17) is 0 Å². The van der Waals surface area contributed by atoms with E-state index < -0.39 is 0 Å². The van der Waals surface area contributed by atoms with Crippen molar-refractivity contribution in [2.45, 2.75) is 6.42 Å². The van der Waals surface area contributed by atoms with Crippen LogP contribution in [0.25, 0.3) is 0 Å². The van der Waals surface area contributed by atoms with Crippen LogP contribution in [-0.4, -0.2) is 30.4 Å². The lowest BCUT2D eigenvalue weighted by molar-refractivity contribution is 0.0988. The zero-order valence-corrected chi connectivity index (χ0v) is 15.0. The second-order valence-electron chi connectivity index (χ2n) is 6.46. The van der Waals surface area contributed by atoms with Crippen LogP contribution in [0.2, 0.25) is 0 Å². The fourth-order valence-corrected chi connectivity index (χ4v) is 3.33. The van der Waals surface area contributed by atoms with E-state index >= 15 is 0 Å². The molecule has 4 rings (SSSR count). The van der Waals surface area contributed by atoms with E-state index in [9.17, 15) is 9.59 Å². The number of carbonyl (C=O) groups is 2. The number of rotatable bonds is 3. The van der Waals surface area contributed by atoms with E-state index in [0.717, 1.165) is 17.8 Å². The first kappa shape index (κ1) is 17.0. The summed E-state index contributed by atoms with van der Waals surface area (Å²) < 4.78 is 0. The Labute approximate surface area is 157 Å². The average Bonchev–Trinajstić information content (AvgIpc) is 3.17. The number of anilines is 2. The normalized spacial score (nSPS) is 12.6. The molecule has 3 aromatic rings. The Kier molecular flexibility index (Phi) is 4.42. The zero-order chi connectivity index (χ0) is 18.8. The number of amides is 2. The number of aromatic nitrogens is 1. The highest BCUT2D eigenvalue weighted by Crippen LogP contribution is 2.29. The van der Waals surface area contributed by atoms with Crippen LogP contribution < -0.4 is 9.80 Å². The van der Waals surface area contributed by atoms with Gasteiger partial charge in [0.1, 0.15) is 5.69 Å². The minimum absolute atomic E-state index is 0.112. The summed E-state index contributed by atoms with van der Waals surface area (Å²) in [4.78, 5) is 33.2. The van der Waals surface area contributed by atoms with Crippen LogP contribution >= 0.6 is 0 Å². The van der Waals surface area contributed by atoms with Crippen molar-refractivity contribution in [2.24, 2.45) is 0 Å². The Morgan fingerprint density at radius 1 is 1.00 bits per heavy atom. The van der Waals surface area contributed by atoms with Crippen molar-refractivity contribution in [1.82, 2.24) is 4.98 Å². The van der Waals surface area contributed by atoms with E-state index in [0.29, 0.717) is 12.1 Å². The van der Waals surface area contributed by atoms with Crippen molar-refractivity contribution in [3.8, 4) is 0 Å². The number of pyridine rings is 1. The number of nitrogens with zero attached hydrogens (tertiary/aromatic N) is 3. The Bertz CT molecular complexity index is 1000. The van der Waals surface area contributed by atoms with E-state index in [1.54, 1.807) is 24.1 Å². The zero-order valence-electron chi connectivity index (χ0n) is 15.0. The van der Waals surface area contributed by atoms with Gasteiger partial charge in [0.25, 0.3) is 11.8 Å². The fourth-order valence-electron chi connectivity index (χ4n) is 3.33. The highest BCUT2D eigenvalue weighted by atomic mass is 16.2. The minimum Gasteiger partial charge on any atom is -0.310 e. The summed E-state index contributed by atoms with van der Waals surface area (Å²) in [6.07, 6.45) is 2.36. The number of carbonyl (C=O) groups excluding carboxylic acids is 2. The first-order valence-corrected chi connectivity index (χ1v) is 8.84. The highest BCUT2D eigenvalue weighted by molar-refractivity contribution is 6.10. The maximum atomic E-state index is 13.0. The van der Waals surface area contributed by atoms with Gasteiger partial charge in [0.05, 0.1) is 0 Å². The van der Waals surface area contributed by atoms with Crippen molar-refractivity contribution >= 4 is 23.2 Å². The molecule has 0 N–H and O–H groups in total. The smallest absolute Gasteiger partial charge is 0.276 e. The fraction of sp³-hybridized carbons (Fsp3) is 0.136. The van der Waals surface area contributed by atoms with Gasteiger partial charge in [0.15, 0.2) is 0 Å². The average molecular weight is 357 g/mol. The largest absolute Gasteiger partial charge is 0.310 e. The van der Waals surface area contributed by atoms with Crippen molar-refractivity contribution < 1.29 is 9.59 Å². The molecule has 0 spiro atoms. The van der Waals surface area contributed by atoms with Gasteiger partial charge < -0.3 is 9.80 Å². The van der Waals surface area contributed by atoms with Crippen molar-refractivity contribution in [3.63, 3.8) is 0 Å². The summed E-state index contributed by atoms with van der Waals surface area (Å²) >= 11 is 0. The number of fused-ring (bicyclic) bond motifs is 1. The van der Waals surface area contributed by atoms with Crippen LogP contribution in [-0.2, 0) is 6.42 Å². The first-order valence-electron chi connectivity index (χ1n) is 8.84. The Morgan fingerprint density at radius 2 is 1.74 bits per heavy atom. The molecule has 0 atom stereocenters. The minimum atomic E-state index is -0.252. The van der Waals surface area contributed by atoms with Gasteiger partial charge in [0.2, 0.25) is 0 Å². The molecule has 2 aromatic carbocycles. The lowest BCUT2D eigenvalue weighted by Crippen LogP contribution is -2.30. The van der Waals surface area contributed by atoms with E-state index in [1.807, 2.05) is 54.6 Å². The molecule has 0 radical (unpaired) electrons. The van der Waals surface area contributed by atoms with E-state index in [1.165, 1.54) is 16.7 Å². The quantitative estimate of drug-likeness (QED) is 0.720. The maximum absolute atomic E-state index is 13.0. The lowest BCUT2D eigenvalue weighted by Gasteiger charge is -2.19. The molecule has 5 heteroatoms. The molecular weight excluding hydrogens is 338 g/mol. The van der Waals surface area contributed by atoms with Gasteiger partial charge in [-0.1, -0.05) is 36.4 Å². The Hall–Kier alpha value is -3.47. The number of benzene rings is 2. The predicted molar refractivity (Wildman–Crippen MR) is 105 cm³/mol. The SMILES string of the molecule is CN(C(=O)c1cc(C(=O)N2CCc3ccccc32)ccn1)c1ccccc1. The molecule has 0 unspecified atom stereocenters. The van der Waals surface area contributed by atoms with Crippen molar-refractivity contribution in [2.75, 3.05) is 23.4 Å². The molecular formula is C22H19N3O2. The molecule has 0 saturated carbocycles. The molecule has 0 aliphatic carbocycles. The summed E-state index contributed by atoms with van der Waals surface area (Å²) in [6, 6.07) is 20.5. The molecule has 1 aliphatic rings. The van der Waals surface area contributed by atoms with E-state index in [2.05, 4.69) is 4.98 Å². The van der Waals surface area contributed by atoms with Crippen LogP contribution in [0, 0.1) is 0 Å². The summed E-state index contributed by atoms with van der Waals surface area (Å²) in [6.45, 7) is 0.647. The number of hydrogen-bond donors (Lipinski definition) is 0. The van der Waals surface area contributed by atoms with Crippen LogP contribution in [0.5, 0.6) is 0 Å². The third-order valence-corrected chi connectivity index (χ3v) is 4.81. The van der Waals surface area contributed by atoms with E-state index in [-0.39, 0.29) is 17.5 Å². The maximum Gasteiger partial charge on any atom is 0.276 e. The van der Waals surface area contributed by atoms with Gasteiger partial charge in [-0.05, 0) is 42.3 Å². The topological polar surface area (TPSA) is 53.5 Å². The van der Waals surface area contributed by atoms with Gasteiger partial charge in [0, 0.05) is 36.7 Å². The molecule has 0 fully saturated rings. The molecule has 5 nitrogen and oxygen atoms in total. The van der Waals surface area contributed by atoms with Crippen LogP contribution in [0.3, 0.4) is 0 Å². The Morgan fingerprint density at radius 3 is 2.56 bits per heavy atom. The lowest BCUT2D eigenvalue weighted by atomic mass is 10.1. The standard InChI is InChI=1S/C22H19N3O2/c1-24(18-8-3-2-4-9-18)22(27)19-15-17(11-13-23-19)21(26)25-14-12-16-7-5-6-10-20(16)25/h2-11,13,15H,12,14H2,1H3. The van der Waals surface area contributed by atoms with Crippen molar-refractivity contribution in [3.05, 3.63) is 89.7 Å². The Balaban J connectivity index is 1.60.